The SMILES string of the molecule is C=CCN(C(=O)c1ccc(OC)c(S(=O)(=O)N2CCOCC2)c1)c1nc(-c2ccccc2)cs1. The highest BCUT2D eigenvalue weighted by molar-refractivity contribution is 7.89. The van der Waals surface area contributed by atoms with Gasteiger partial charge in [0.1, 0.15) is 10.6 Å². The Morgan fingerprint density at radius 3 is 2.65 bits per heavy atom. The molecule has 8 nitrogen and oxygen atoms in total. The van der Waals surface area contributed by atoms with Crippen molar-refractivity contribution in [1.82, 2.24) is 9.29 Å². The van der Waals surface area contributed by atoms with E-state index in [4.69, 9.17) is 9.47 Å². The van der Waals surface area contributed by atoms with Gasteiger partial charge in [0.25, 0.3) is 5.91 Å². The Balaban J connectivity index is 1.68. The van der Waals surface area contributed by atoms with Crippen molar-refractivity contribution >= 4 is 32.4 Å². The van der Waals surface area contributed by atoms with Crippen LogP contribution in [0.3, 0.4) is 0 Å². The number of rotatable bonds is 8. The number of aromatic nitrogens is 1. The molecule has 0 bridgehead atoms. The summed E-state index contributed by atoms with van der Waals surface area (Å²) in [5, 5.41) is 2.38. The fourth-order valence-corrected chi connectivity index (χ4v) is 6.03. The van der Waals surface area contributed by atoms with Crippen LogP contribution in [-0.4, -0.2) is 63.6 Å². The molecule has 1 saturated heterocycles. The number of carbonyl (C=O) groups excluding carboxylic acids is 1. The Bertz CT molecular complexity index is 1270. The monoisotopic (exact) mass is 499 g/mol. The summed E-state index contributed by atoms with van der Waals surface area (Å²) in [4.78, 5) is 19.6. The third kappa shape index (κ3) is 4.90. The highest BCUT2D eigenvalue weighted by atomic mass is 32.2. The zero-order chi connectivity index (χ0) is 24.1. The van der Waals surface area contributed by atoms with E-state index in [0.717, 1.165) is 11.3 Å². The van der Waals surface area contributed by atoms with E-state index in [0.29, 0.717) is 18.3 Å². The lowest BCUT2D eigenvalue weighted by Crippen LogP contribution is -2.40. The van der Waals surface area contributed by atoms with E-state index in [1.54, 1.807) is 12.1 Å². The van der Waals surface area contributed by atoms with E-state index in [1.807, 2.05) is 35.7 Å². The van der Waals surface area contributed by atoms with Crippen molar-refractivity contribution in [3.05, 3.63) is 72.1 Å². The van der Waals surface area contributed by atoms with Crippen LogP contribution in [0.1, 0.15) is 10.4 Å². The lowest BCUT2D eigenvalue weighted by Gasteiger charge is -2.27. The number of morpholine rings is 1. The molecule has 1 aliphatic rings. The number of hydrogen-bond acceptors (Lipinski definition) is 7. The molecule has 178 valence electrons. The highest BCUT2D eigenvalue weighted by Crippen LogP contribution is 2.31. The average molecular weight is 500 g/mol. The van der Waals surface area contributed by atoms with Crippen LogP contribution in [0.15, 0.2) is 71.5 Å². The van der Waals surface area contributed by atoms with Crippen molar-refractivity contribution < 1.29 is 22.7 Å². The largest absolute Gasteiger partial charge is 0.495 e. The molecule has 1 aromatic heterocycles. The fraction of sp³-hybridized carbons (Fsp3) is 0.250. The van der Waals surface area contributed by atoms with Crippen molar-refractivity contribution in [3.63, 3.8) is 0 Å². The molecule has 2 aromatic carbocycles. The Kier molecular flexibility index (Phi) is 7.42. The van der Waals surface area contributed by atoms with Gasteiger partial charge in [-0.3, -0.25) is 9.69 Å². The van der Waals surface area contributed by atoms with E-state index >= 15 is 0 Å². The second-order valence-corrected chi connectivity index (χ2v) is 10.2. The van der Waals surface area contributed by atoms with Gasteiger partial charge in [-0.2, -0.15) is 4.31 Å². The first-order chi connectivity index (χ1) is 16.5. The zero-order valence-corrected chi connectivity index (χ0v) is 20.3. The molecule has 0 spiro atoms. The van der Waals surface area contributed by atoms with Gasteiger partial charge in [-0.25, -0.2) is 13.4 Å². The third-order valence-corrected chi connectivity index (χ3v) is 8.13. The molecule has 4 rings (SSSR count). The van der Waals surface area contributed by atoms with Gasteiger partial charge in [0.15, 0.2) is 5.13 Å². The molecule has 0 saturated carbocycles. The molecular formula is C24H25N3O5S2. The van der Waals surface area contributed by atoms with Crippen LogP contribution >= 0.6 is 11.3 Å². The Hall–Kier alpha value is -3.05. The minimum Gasteiger partial charge on any atom is -0.495 e. The van der Waals surface area contributed by atoms with Crippen LogP contribution in [0.2, 0.25) is 0 Å². The molecule has 0 aliphatic carbocycles. The van der Waals surface area contributed by atoms with Crippen molar-refractivity contribution in [2.75, 3.05) is 44.9 Å². The maximum absolute atomic E-state index is 13.5. The molecule has 1 amide bonds. The van der Waals surface area contributed by atoms with Crippen molar-refractivity contribution in [2.45, 2.75) is 4.90 Å². The zero-order valence-electron chi connectivity index (χ0n) is 18.7. The molecule has 2 heterocycles. The fourth-order valence-electron chi connectivity index (χ4n) is 3.60. The van der Waals surface area contributed by atoms with Crippen LogP contribution in [0.25, 0.3) is 11.3 Å². The molecule has 1 fully saturated rings. The van der Waals surface area contributed by atoms with Gasteiger partial charge in [0.2, 0.25) is 10.0 Å². The summed E-state index contributed by atoms with van der Waals surface area (Å²) in [6.07, 6.45) is 1.61. The number of sulfonamides is 1. The van der Waals surface area contributed by atoms with Gasteiger partial charge >= 0.3 is 0 Å². The summed E-state index contributed by atoms with van der Waals surface area (Å²) >= 11 is 1.34. The van der Waals surface area contributed by atoms with Gasteiger partial charge in [-0.05, 0) is 18.2 Å². The van der Waals surface area contributed by atoms with E-state index in [9.17, 15) is 13.2 Å². The van der Waals surface area contributed by atoms with Crippen molar-refractivity contribution in [3.8, 4) is 17.0 Å². The van der Waals surface area contributed by atoms with Gasteiger partial charge in [-0.15, -0.1) is 17.9 Å². The number of carbonyl (C=O) groups is 1. The summed E-state index contributed by atoms with van der Waals surface area (Å²) in [5.74, 6) is -0.200. The number of ether oxygens (including phenoxy) is 2. The summed E-state index contributed by atoms with van der Waals surface area (Å²) in [5.41, 5.74) is 1.91. The maximum Gasteiger partial charge on any atom is 0.260 e. The van der Waals surface area contributed by atoms with Gasteiger partial charge in [-0.1, -0.05) is 36.4 Å². The average Bonchev–Trinajstić information content (AvgIpc) is 3.37. The van der Waals surface area contributed by atoms with E-state index in [1.165, 1.54) is 39.8 Å². The number of amides is 1. The second-order valence-electron chi connectivity index (χ2n) is 7.47. The normalized spacial score (nSPS) is 14.5. The standard InChI is InChI=1S/C24H25N3O5S2/c1-3-11-27(24-25-20(17-33-24)18-7-5-4-6-8-18)23(28)19-9-10-21(31-2)22(16-19)34(29,30)26-12-14-32-15-13-26/h3-10,16-17H,1,11-15H2,2H3. The molecule has 0 unspecified atom stereocenters. The molecule has 1 aliphatic heterocycles. The predicted octanol–water partition coefficient (Wildman–Crippen LogP) is 3.67. The lowest BCUT2D eigenvalue weighted by molar-refractivity contribution is 0.0729. The molecule has 0 radical (unpaired) electrons. The number of thiazole rings is 1. The summed E-state index contributed by atoms with van der Waals surface area (Å²) < 4.78 is 38.5. The highest BCUT2D eigenvalue weighted by Gasteiger charge is 2.31. The smallest absolute Gasteiger partial charge is 0.260 e. The first-order valence-corrected chi connectivity index (χ1v) is 13.0. The van der Waals surface area contributed by atoms with Gasteiger partial charge in [0.05, 0.1) is 26.0 Å². The first-order valence-electron chi connectivity index (χ1n) is 10.7. The van der Waals surface area contributed by atoms with Crippen LogP contribution in [0.5, 0.6) is 5.75 Å². The molecular weight excluding hydrogens is 474 g/mol. The predicted molar refractivity (Wildman–Crippen MR) is 132 cm³/mol. The van der Waals surface area contributed by atoms with E-state index in [-0.39, 0.29) is 41.7 Å². The van der Waals surface area contributed by atoms with Crippen LogP contribution < -0.4 is 9.64 Å². The quantitative estimate of drug-likeness (QED) is 0.440. The van der Waals surface area contributed by atoms with Crippen LogP contribution in [-0.2, 0) is 14.8 Å². The number of benzene rings is 2. The van der Waals surface area contributed by atoms with Crippen molar-refractivity contribution in [2.24, 2.45) is 0 Å². The molecule has 34 heavy (non-hydrogen) atoms. The number of nitrogens with zero attached hydrogens (tertiary/aromatic N) is 3. The Morgan fingerprint density at radius 1 is 1.24 bits per heavy atom. The van der Waals surface area contributed by atoms with Crippen LogP contribution in [0.4, 0.5) is 5.13 Å². The topological polar surface area (TPSA) is 89.0 Å². The molecule has 10 heteroatoms. The lowest BCUT2D eigenvalue weighted by atomic mass is 10.2. The van der Waals surface area contributed by atoms with E-state index < -0.39 is 10.0 Å². The summed E-state index contributed by atoms with van der Waals surface area (Å²) in [7, 11) is -2.47. The molecule has 0 N–H and O–H groups in total. The number of hydrogen-bond donors (Lipinski definition) is 0. The minimum absolute atomic E-state index is 0.0505. The summed E-state index contributed by atoms with van der Waals surface area (Å²) in [6.45, 7) is 5.11. The molecule has 0 atom stereocenters. The third-order valence-electron chi connectivity index (χ3n) is 5.35. The van der Waals surface area contributed by atoms with E-state index in [2.05, 4.69) is 11.6 Å². The van der Waals surface area contributed by atoms with Crippen LogP contribution in [0, 0.1) is 0 Å². The summed E-state index contributed by atoms with van der Waals surface area (Å²) in [6, 6.07) is 14.1. The Labute approximate surface area is 203 Å². The van der Waals surface area contributed by atoms with Gasteiger partial charge in [0, 0.05) is 36.1 Å². The number of methoxy groups -OCH3 is 1. The minimum atomic E-state index is -3.87. The van der Waals surface area contributed by atoms with Crippen molar-refractivity contribution in [1.29, 1.82) is 0 Å². The Morgan fingerprint density at radius 2 is 1.97 bits per heavy atom. The maximum atomic E-state index is 13.5. The second kappa shape index (κ2) is 10.5. The number of anilines is 1. The first kappa shape index (κ1) is 24.1. The molecule has 3 aromatic rings. The van der Waals surface area contributed by atoms with Gasteiger partial charge < -0.3 is 9.47 Å².